The highest BCUT2D eigenvalue weighted by Crippen LogP contribution is 2.08. The van der Waals surface area contributed by atoms with Crippen molar-refractivity contribution in [2.45, 2.75) is 12.0 Å². The fourth-order valence-corrected chi connectivity index (χ4v) is 0.558. The minimum absolute atomic E-state index is 0.302. The second kappa shape index (κ2) is 4.23. The quantitative estimate of drug-likeness (QED) is 0.444. The van der Waals surface area contributed by atoms with E-state index < -0.39 is 24.6 Å². The summed E-state index contributed by atoms with van der Waals surface area (Å²) in [5.41, 5.74) is -1.70. The third kappa shape index (κ3) is 3.27. The van der Waals surface area contributed by atoms with Crippen LogP contribution in [0.3, 0.4) is 0 Å². The van der Waals surface area contributed by atoms with Gasteiger partial charge in [0.15, 0.2) is 5.78 Å². The van der Waals surface area contributed by atoms with Gasteiger partial charge in [0.1, 0.15) is 5.60 Å². The summed E-state index contributed by atoms with van der Waals surface area (Å²) in [4.78, 5) is 10.6. The SMILES string of the molecule is C=CC(=O)CC(O)(CO)CO. The lowest BCUT2D eigenvalue weighted by Crippen LogP contribution is -2.39. The molecule has 0 aromatic rings. The van der Waals surface area contributed by atoms with Crippen molar-refractivity contribution in [1.82, 2.24) is 0 Å². The Hall–Kier alpha value is -0.710. The molecule has 0 unspecified atom stereocenters. The predicted molar refractivity (Wildman–Crippen MR) is 38.9 cm³/mol. The summed E-state index contributed by atoms with van der Waals surface area (Å²) < 4.78 is 0. The Morgan fingerprint density at radius 1 is 1.45 bits per heavy atom. The van der Waals surface area contributed by atoms with Gasteiger partial charge in [0.25, 0.3) is 0 Å². The molecule has 0 aromatic heterocycles. The average Bonchev–Trinajstić information content (AvgIpc) is 2.04. The number of aliphatic hydroxyl groups is 3. The van der Waals surface area contributed by atoms with Crippen LogP contribution in [-0.4, -0.2) is 39.9 Å². The van der Waals surface area contributed by atoms with Crippen LogP contribution in [-0.2, 0) is 4.79 Å². The number of allylic oxidation sites excluding steroid dienone is 1. The number of carbonyl (C=O) groups is 1. The molecule has 0 aliphatic rings. The van der Waals surface area contributed by atoms with Crippen LogP contribution in [0, 0.1) is 0 Å². The zero-order chi connectivity index (χ0) is 8.91. The summed E-state index contributed by atoms with van der Waals surface area (Å²) in [6.45, 7) is 1.92. The van der Waals surface area contributed by atoms with Gasteiger partial charge in [-0.1, -0.05) is 6.58 Å². The van der Waals surface area contributed by atoms with Gasteiger partial charge in [-0.3, -0.25) is 4.79 Å². The smallest absolute Gasteiger partial charge is 0.158 e. The molecule has 4 nitrogen and oxygen atoms in total. The normalized spacial score (nSPS) is 11.2. The van der Waals surface area contributed by atoms with Gasteiger partial charge >= 0.3 is 0 Å². The van der Waals surface area contributed by atoms with Gasteiger partial charge in [0, 0.05) is 6.42 Å². The average molecular weight is 160 g/mol. The molecule has 0 radical (unpaired) electrons. The van der Waals surface area contributed by atoms with Crippen LogP contribution in [0.4, 0.5) is 0 Å². The van der Waals surface area contributed by atoms with E-state index in [-0.39, 0.29) is 6.42 Å². The van der Waals surface area contributed by atoms with Gasteiger partial charge < -0.3 is 15.3 Å². The maximum atomic E-state index is 10.6. The standard InChI is InChI=1S/C7H12O4/c1-2-6(10)3-7(11,4-8)5-9/h2,8-9,11H,1,3-5H2. The second-order valence-corrected chi connectivity index (χ2v) is 2.39. The van der Waals surface area contributed by atoms with Crippen LogP contribution in [0.25, 0.3) is 0 Å². The lowest BCUT2D eigenvalue weighted by molar-refractivity contribution is -0.124. The van der Waals surface area contributed by atoms with Gasteiger partial charge in [-0.15, -0.1) is 0 Å². The summed E-state index contributed by atoms with van der Waals surface area (Å²) in [6, 6.07) is 0. The summed E-state index contributed by atoms with van der Waals surface area (Å²) in [6.07, 6.45) is 0.736. The molecule has 0 fully saturated rings. The molecule has 0 saturated heterocycles. The molecule has 0 aromatic carbocycles. The fourth-order valence-electron chi connectivity index (χ4n) is 0.558. The largest absolute Gasteiger partial charge is 0.393 e. The molecule has 4 heteroatoms. The van der Waals surface area contributed by atoms with E-state index in [4.69, 9.17) is 15.3 Å². The molecule has 3 N–H and O–H groups in total. The summed E-state index contributed by atoms with van der Waals surface area (Å²) >= 11 is 0. The third-order valence-corrected chi connectivity index (χ3v) is 1.32. The monoisotopic (exact) mass is 160 g/mol. The highest BCUT2D eigenvalue weighted by Gasteiger charge is 2.27. The Morgan fingerprint density at radius 3 is 2.18 bits per heavy atom. The highest BCUT2D eigenvalue weighted by atomic mass is 16.4. The highest BCUT2D eigenvalue weighted by molar-refractivity contribution is 5.89. The molecule has 0 heterocycles. The summed E-state index contributed by atoms with van der Waals surface area (Å²) in [5.74, 6) is -0.407. The van der Waals surface area contributed by atoms with E-state index in [1.54, 1.807) is 0 Å². The van der Waals surface area contributed by atoms with Gasteiger partial charge in [0.2, 0.25) is 0 Å². The Labute approximate surface area is 64.8 Å². The molecule has 0 rings (SSSR count). The Balaban J connectivity index is 4.06. The molecule has 0 saturated carbocycles. The molecular formula is C7H12O4. The number of aliphatic hydroxyl groups excluding tert-OH is 2. The zero-order valence-electron chi connectivity index (χ0n) is 6.16. The molecule has 0 spiro atoms. The van der Waals surface area contributed by atoms with Gasteiger partial charge in [-0.25, -0.2) is 0 Å². The van der Waals surface area contributed by atoms with Crippen molar-refractivity contribution in [1.29, 1.82) is 0 Å². The van der Waals surface area contributed by atoms with Crippen molar-refractivity contribution < 1.29 is 20.1 Å². The first-order valence-corrected chi connectivity index (χ1v) is 3.17. The first-order chi connectivity index (χ1) is 5.08. The number of rotatable bonds is 5. The Bertz CT molecular complexity index is 149. The molecule has 0 amide bonds. The topological polar surface area (TPSA) is 77.8 Å². The number of ketones is 1. The Morgan fingerprint density at radius 2 is 1.91 bits per heavy atom. The second-order valence-electron chi connectivity index (χ2n) is 2.39. The van der Waals surface area contributed by atoms with Gasteiger partial charge in [-0.2, -0.15) is 0 Å². The maximum Gasteiger partial charge on any atom is 0.158 e. The minimum atomic E-state index is -1.70. The Kier molecular flexibility index (Phi) is 3.95. The van der Waals surface area contributed by atoms with Crippen LogP contribution in [0.1, 0.15) is 6.42 Å². The first-order valence-electron chi connectivity index (χ1n) is 3.17. The van der Waals surface area contributed by atoms with E-state index in [9.17, 15) is 4.79 Å². The molecule has 0 atom stereocenters. The summed E-state index contributed by atoms with van der Waals surface area (Å²) in [5, 5.41) is 26.2. The van der Waals surface area contributed by atoms with Crippen molar-refractivity contribution in [3.05, 3.63) is 12.7 Å². The molecule has 0 aliphatic carbocycles. The van der Waals surface area contributed by atoms with E-state index in [1.807, 2.05) is 0 Å². The molecule has 11 heavy (non-hydrogen) atoms. The maximum absolute atomic E-state index is 10.6. The lowest BCUT2D eigenvalue weighted by atomic mass is 9.99. The number of hydrogen-bond acceptors (Lipinski definition) is 4. The van der Waals surface area contributed by atoms with Crippen LogP contribution in [0.2, 0.25) is 0 Å². The van der Waals surface area contributed by atoms with Crippen molar-refractivity contribution >= 4 is 5.78 Å². The van der Waals surface area contributed by atoms with E-state index >= 15 is 0 Å². The number of carbonyl (C=O) groups excluding carboxylic acids is 1. The van der Waals surface area contributed by atoms with E-state index in [2.05, 4.69) is 6.58 Å². The van der Waals surface area contributed by atoms with Crippen LogP contribution >= 0.6 is 0 Å². The zero-order valence-corrected chi connectivity index (χ0v) is 6.16. The molecular weight excluding hydrogens is 148 g/mol. The van der Waals surface area contributed by atoms with Crippen LogP contribution in [0.5, 0.6) is 0 Å². The van der Waals surface area contributed by atoms with Crippen molar-refractivity contribution in [3.8, 4) is 0 Å². The fraction of sp³-hybridized carbons (Fsp3) is 0.571. The van der Waals surface area contributed by atoms with Crippen molar-refractivity contribution in [2.75, 3.05) is 13.2 Å². The van der Waals surface area contributed by atoms with Gasteiger partial charge in [-0.05, 0) is 6.08 Å². The van der Waals surface area contributed by atoms with E-state index in [0.29, 0.717) is 0 Å². The van der Waals surface area contributed by atoms with Crippen LogP contribution in [0.15, 0.2) is 12.7 Å². The molecule has 0 aliphatic heterocycles. The summed E-state index contributed by atoms with van der Waals surface area (Å²) in [7, 11) is 0. The first kappa shape index (κ1) is 10.3. The van der Waals surface area contributed by atoms with E-state index in [0.717, 1.165) is 6.08 Å². The van der Waals surface area contributed by atoms with Gasteiger partial charge in [0.05, 0.1) is 13.2 Å². The predicted octanol–water partition coefficient (Wildman–Crippen LogP) is -1.15. The molecule has 0 bridgehead atoms. The van der Waals surface area contributed by atoms with Crippen molar-refractivity contribution in [3.63, 3.8) is 0 Å². The minimum Gasteiger partial charge on any atom is -0.393 e. The van der Waals surface area contributed by atoms with E-state index in [1.165, 1.54) is 0 Å². The third-order valence-electron chi connectivity index (χ3n) is 1.32. The number of hydrogen-bond donors (Lipinski definition) is 3. The lowest BCUT2D eigenvalue weighted by Gasteiger charge is -2.20. The van der Waals surface area contributed by atoms with Crippen molar-refractivity contribution in [2.24, 2.45) is 0 Å². The van der Waals surface area contributed by atoms with Crippen LogP contribution < -0.4 is 0 Å². The molecule has 64 valence electrons.